The number of nitrogens with zero attached hydrogens (tertiary/aromatic N) is 2. The summed E-state index contributed by atoms with van der Waals surface area (Å²) in [5.41, 5.74) is 0. The van der Waals surface area contributed by atoms with Gasteiger partial charge >= 0.3 is 0 Å². The van der Waals surface area contributed by atoms with Crippen molar-refractivity contribution in [2.24, 2.45) is 5.92 Å². The second kappa shape index (κ2) is 5.12. The lowest BCUT2D eigenvalue weighted by atomic mass is 10.2. The molecule has 1 amide bonds. The molecule has 1 saturated carbocycles. The number of aromatic nitrogens is 2. The molecule has 2 N–H and O–H groups in total. The van der Waals surface area contributed by atoms with Crippen LogP contribution in [-0.4, -0.2) is 33.2 Å². The molecule has 5 heteroatoms. The van der Waals surface area contributed by atoms with Gasteiger partial charge in [-0.15, -0.1) is 0 Å². The number of aliphatic hydroxyl groups excluding tert-OH is 1. The van der Waals surface area contributed by atoms with E-state index < -0.39 is 0 Å². The van der Waals surface area contributed by atoms with Gasteiger partial charge in [-0.1, -0.05) is 0 Å². The van der Waals surface area contributed by atoms with Gasteiger partial charge in [-0.2, -0.15) is 0 Å². The smallest absolute Gasteiger partial charge is 0.221 e. The summed E-state index contributed by atoms with van der Waals surface area (Å²) in [5.74, 6) is 0.391. The van der Waals surface area contributed by atoms with Crippen LogP contribution in [0, 0.1) is 5.92 Å². The molecule has 16 heavy (non-hydrogen) atoms. The molecule has 1 atom stereocenters. The molecule has 0 aromatic carbocycles. The maximum atomic E-state index is 11.4. The van der Waals surface area contributed by atoms with E-state index in [2.05, 4.69) is 10.3 Å². The molecular weight excluding hydrogens is 206 g/mol. The highest BCUT2D eigenvalue weighted by molar-refractivity contribution is 5.75. The van der Waals surface area contributed by atoms with E-state index in [0.29, 0.717) is 25.4 Å². The summed E-state index contributed by atoms with van der Waals surface area (Å²) in [6.07, 6.45) is 7.44. The van der Waals surface area contributed by atoms with Crippen molar-refractivity contribution in [3.05, 3.63) is 18.7 Å². The van der Waals surface area contributed by atoms with E-state index in [4.69, 9.17) is 0 Å². The molecule has 5 nitrogen and oxygen atoms in total. The summed E-state index contributed by atoms with van der Waals surface area (Å²) in [4.78, 5) is 15.3. The Balaban J connectivity index is 1.60. The first-order valence-electron chi connectivity index (χ1n) is 5.66. The Morgan fingerprint density at radius 1 is 1.62 bits per heavy atom. The van der Waals surface area contributed by atoms with Crippen molar-refractivity contribution in [1.82, 2.24) is 14.9 Å². The third kappa shape index (κ3) is 3.34. The lowest BCUT2D eigenvalue weighted by Gasteiger charge is -2.10. The Hall–Kier alpha value is -1.36. The number of amides is 1. The molecule has 0 aliphatic heterocycles. The number of aliphatic hydroxyl groups is 1. The van der Waals surface area contributed by atoms with Gasteiger partial charge in [-0.05, 0) is 18.8 Å². The molecule has 1 aromatic rings. The maximum Gasteiger partial charge on any atom is 0.221 e. The van der Waals surface area contributed by atoms with E-state index in [9.17, 15) is 9.90 Å². The summed E-state index contributed by atoms with van der Waals surface area (Å²) in [5, 5.41) is 12.3. The number of aryl methyl sites for hydroxylation is 1. The minimum absolute atomic E-state index is 0.0200. The van der Waals surface area contributed by atoms with Gasteiger partial charge in [0.15, 0.2) is 0 Å². The number of imidazole rings is 1. The third-order valence-corrected chi connectivity index (χ3v) is 2.83. The first-order chi connectivity index (χ1) is 7.75. The molecule has 1 heterocycles. The first-order valence-corrected chi connectivity index (χ1v) is 5.66. The van der Waals surface area contributed by atoms with Crippen molar-refractivity contribution in [2.45, 2.75) is 31.9 Å². The number of hydrogen-bond acceptors (Lipinski definition) is 3. The molecule has 1 aliphatic rings. The minimum Gasteiger partial charge on any atom is -0.391 e. The molecule has 1 unspecified atom stereocenters. The largest absolute Gasteiger partial charge is 0.391 e. The van der Waals surface area contributed by atoms with Crippen LogP contribution in [0.2, 0.25) is 0 Å². The zero-order valence-electron chi connectivity index (χ0n) is 9.17. The zero-order chi connectivity index (χ0) is 11.4. The average molecular weight is 223 g/mol. The Kier molecular flexibility index (Phi) is 3.56. The van der Waals surface area contributed by atoms with Crippen molar-refractivity contribution in [3.63, 3.8) is 0 Å². The lowest BCUT2D eigenvalue weighted by molar-refractivity contribution is -0.121. The SMILES string of the molecule is O=C(CCn1ccnc1)NCC(O)C1CC1. The van der Waals surface area contributed by atoms with Crippen molar-refractivity contribution in [1.29, 1.82) is 0 Å². The Bertz CT molecular complexity index is 333. The number of hydrogen-bond donors (Lipinski definition) is 2. The fourth-order valence-electron chi connectivity index (χ4n) is 1.60. The van der Waals surface area contributed by atoms with E-state index in [1.807, 2.05) is 10.8 Å². The van der Waals surface area contributed by atoms with Gasteiger partial charge in [0.2, 0.25) is 5.91 Å². The molecule has 1 fully saturated rings. The Morgan fingerprint density at radius 3 is 3.06 bits per heavy atom. The molecule has 88 valence electrons. The van der Waals surface area contributed by atoms with Crippen LogP contribution in [0.1, 0.15) is 19.3 Å². The minimum atomic E-state index is -0.364. The summed E-state index contributed by atoms with van der Waals surface area (Å²) in [6.45, 7) is 1.01. The van der Waals surface area contributed by atoms with E-state index in [1.165, 1.54) is 0 Å². The number of carbonyl (C=O) groups excluding carboxylic acids is 1. The van der Waals surface area contributed by atoms with Crippen LogP contribution >= 0.6 is 0 Å². The highest BCUT2D eigenvalue weighted by atomic mass is 16.3. The van der Waals surface area contributed by atoms with Crippen LogP contribution in [0.3, 0.4) is 0 Å². The summed E-state index contributed by atoms with van der Waals surface area (Å²) < 4.78 is 1.86. The van der Waals surface area contributed by atoms with Crippen LogP contribution in [0.4, 0.5) is 0 Å². The Labute approximate surface area is 94.5 Å². The standard InChI is InChI=1S/C11H17N3O2/c15-10(9-1-2-9)7-13-11(16)3-5-14-6-4-12-8-14/h4,6,8-10,15H,1-3,5,7H2,(H,13,16). The fraction of sp³-hybridized carbons (Fsp3) is 0.636. The highest BCUT2D eigenvalue weighted by Gasteiger charge is 2.29. The van der Waals surface area contributed by atoms with Gasteiger partial charge in [0.1, 0.15) is 0 Å². The molecule has 1 aliphatic carbocycles. The van der Waals surface area contributed by atoms with Crippen LogP contribution in [0.25, 0.3) is 0 Å². The molecular formula is C11H17N3O2. The monoisotopic (exact) mass is 223 g/mol. The quantitative estimate of drug-likeness (QED) is 0.722. The molecule has 0 spiro atoms. The first kappa shape index (κ1) is 11.1. The number of nitrogens with one attached hydrogen (secondary N) is 1. The van der Waals surface area contributed by atoms with E-state index in [-0.39, 0.29) is 12.0 Å². The van der Waals surface area contributed by atoms with Gasteiger partial charge in [0.25, 0.3) is 0 Å². The Morgan fingerprint density at radius 2 is 2.44 bits per heavy atom. The van der Waals surface area contributed by atoms with E-state index >= 15 is 0 Å². The van der Waals surface area contributed by atoms with Crippen LogP contribution < -0.4 is 5.32 Å². The van der Waals surface area contributed by atoms with Crippen molar-refractivity contribution in [3.8, 4) is 0 Å². The predicted molar refractivity (Wildman–Crippen MR) is 58.6 cm³/mol. The normalized spacial score (nSPS) is 17.1. The summed E-state index contributed by atoms with van der Waals surface area (Å²) >= 11 is 0. The third-order valence-electron chi connectivity index (χ3n) is 2.83. The molecule has 0 saturated heterocycles. The second-order valence-corrected chi connectivity index (χ2v) is 4.26. The molecule has 0 radical (unpaired) electrons. The topological polar surface area (TPSA) is 67.2 Å². The van der Waals surface area contributed by atoms with Gasteiger partial charge in [-0.25, -0.2) is 4.98 Å². The van der Waals surface area contributed by atoms with Crippen LogP contribution in [0.15, 0.2) is 18.7 Å². The van der Waals surface area contributed by atoms with Gasteiger partial charge < -0.3 is 15.0 Å². The van der Waals surface area contributed by atoms with Gasteiger partial charge in [0.05, 0.1) is 12.4 Å². The number of rotatable bonds is 6. The highest BCUT2D eigenvalue weighted by Crippen LogP contribution is 2.32. The fourth-order valence-corrected chi connectivity index (χ4v) is 1.60. The van der Waals surface area contributed by atoms with Gasteiger partial charge in [-0.3, -0.25) is 4.79 Å². The van der Waals surface area contributed by atoms with E-state index in [1.54, 1.807) is 12.5 Å². The van der Waals surface area contributed by atoms with Crippen molar-refractivity contribution < 1.29 is 9.90 Å². The maximum absolute atomic E-state index is 11.4. The summed E-state index contributed by atoms with van der Waals surface area (Å²) in [7, 11) is 0. The molecule has 0 bridgehead atoms. The van der Waals surface area contributed by atoms with Crippen LogP contribution in [0.5, 0.6) is 0 Å². The predicted octanol–water partition coefficient (Wildman–Crippen LogP) is 0.160. The van der Waals surface area contributed by atoms with Crippen molar-refractivity contribution >= 4 is 5.91 Å². The second-order valence-electron chi connectivity index (χ2n) is 4.26. The van der Waals surface area contributed by atoms with Crippen LogP contribution in [-0.2, 0) is 11.3 Å². The van der Waals surface area contributed by atoms with Gasteiger partial charge in [0, 0.05) is 31.9 Å². The molecule has 2 rings (SSSR count). The zero-order valence-corrected chi connectivity index (χ0v) is 9.17. The van der Waals surface area contributed by atoms with E-state index in [0.717, 1.165) is 12.8 Å². The average Bonchev–Trinajstić information content (AvgIpc) is 3.01. The lowest BCUT2D eigenvalue weighted by Crippen LogP contribution is -2.33. The van der Waals surface area contributed by atoms with Crippen molar-refractivity contribution in [2.75, 3.05) is 6.54 Å². The number of carbonyl (C=O) groups is 1. The summed E-state index contributed by atoms with van der Waals surface area (Å²) in [6, 6.07) is 0. The molecule has 1 aromatic heterocycles.